The predicted molar refractivity (Wildman–Crippen MR) is 52.5 cm³/mol. The maximum Gasteiger partial charge on any atom is 0.272 e. The molecule has 0 atom stereocenters. The lowest BCUT2D eigenvalue weighted by Gasteiger charge is -2.09. The molecule has 0 radical (unpaired) electrons. The zero-order valence-corrected chi connectivity index (χ0v) is 8.30. The van der Waals surface area contributed by atoms with Gasteiger partial charge in [0.2, 0.25) is 0 Å². The normalized spacial score (nSPS) is 16.9. The maximum atomic E-state index is 10.6. The third-order valence-corrected chi connectivity index (χ3v) is 2.31. The van der Waals surface area contributed by atoms with Crippen LogP contribution in [0.25, 0.3) is 0 Å². The maximum absolute atomic E-state index is 10.6. The van der Waals surface area contributed by atoms with Crippen LogP contribution < -0.4 is 0 Å². The van der Waals surface area contributed by atoms with Crippen LogP contribution in [0.5, 0.6) is 0 Å². The van der Waals surface area contributed by atoms with Gasteiger partial charge in [-0.1, -0.05) is 0 Å². The number of nitro groups is 1. The highest BCUT2D eigenvalue weighted by atomic mass is 16.7. The van der Waals surface area contributed by atoms with Gasteiger partial charge in [-0.15, -0.1) is 0 Å². The van der Waals surface area contributed by atoms with Crippen LogP contribution in [0.1, 0.15) is 17.4 Å². The molecule has 1 aromatic rings. The van der Waals surface area contributed by atoms with Crippen LogP contribution in [0.4, 0.5) is 5.69 Å². The summed E-state index contributed by atoms with van der Waals surface area (Å²) in [4.78, 5) is 10.2. The molecule has 0 aliphatic carbocycles. The molecule has 1 fully saturated rings. The molecule has 5 heteroatoms. The molecule has 1 aliphatic heterocycles. The molecule has 80 valence electrons. The molecule has 0 amide bonds. The van der Waals surface area contributed by atoms with Gasteiger partial charge in [-0.2, -0.15) is 0 Å². The molecule has 5 nitrogen and oxygen atoms in total. The van der Waals surface area contributed by atoms with E-state index < -0.39 is 4.92 Å². The summed E-state index contributed by atoms with van der Waals surface area (Å²) in [5.41, 5.74) is 1.57. The summed E-state index contributed by atoms with van der Waals surface area (Å²) in [6.45, 7) is 2.85. The Morgan fingerprint density at radius 1 is 1.40 bits per heavy atom. The third kappa shape index (κ3) is 1.98. The second-order valence-electron chi connectivity index (χ2n) is 3.38. The van der Waals surface area contributed by atoms with Gasteiger partial charge in [-0.3, -0.25) is 10.1 Å². The lowest BCUT2D eigenvalue weighted by Crippen LogP contribution is -2.00. The van der Waals surface area contributed by atoms with Crippen LogP contribution in [0.15, 0.2) is 18.2 Å². The van der Waals surface area contributed by atoms with Crippen LogP contribution in [0.2, 0.25) is 0 Å². The van der Waals surface area contributed by atoms with Crippen molar-refractivity contribution in [1.29, 1.82) is 0 Å². The SMILES string of the molecule is Cc1cc(C2OCCO2)ccc1[N+](=O)[O-]. The summed E-state index contributed by atoms with van der Waals surface area (Å²) in [5, 5.41) is 10.6. The molecule has 0 bridgehead atoms. The standard InChI is InChI=1S/C10H11NO4/c1-7-6-8(10-14-4-5-15-10)2-3-9(7)11(12)13/h2-3,6,10H,4-5H2,1H3. The van der Waals surface area contributed by atoms with E-state index in [1.54, 1.807) is 19.1 Å². The fourth-order valence-corrected chi connectivity index (χ4v) is 1.58. The van der Waals surface area contributed by atoms with Crippen LogP contribution in [0, 0.1) is 17.0 Å². The van der Waals surface area contributed by atoms with Crippen LogP contribution in [-0.2, 0) is 9.47 Å². The van der Waals surface area contributed by atoms with Crippen molar-refractivity contribution in [1.82, 2.24) is 0 Å². The topological polar surface area (TPSA) is 61.6 Å². The molecular formula is C10H11NO4. The van der Waals surface area contributed by atoms with Crippen molar-refractivity contribution in [2.45, 2.75) is 13.2 Å². The Morgan fingerprint density at radius 3 is 2.60 bits per heavy atom. The fraction of sp³-hybridized carbons (Fsp3) is 0.400. The fourth-order valence-electron chi connectivity index (χ4n) is 1.58. The highest BCUT2D eigenvalue weighted by Crippen LogP contribution is 2.27. The first-order valence-corrected chi connectivity index (χ1v) is 4.66. The summed E-state index contributed by atoms with van der Waals surface area (Å²) < 4.78 is 10.6. The molecular weight excluding hydrogens is 198 g/mol. The van der Waals surface area contributed by atoms with Crippen molar-refractivity contribution in [2.75, 3.05) is 13.2 Å². The van der Waals surface area contributed by atoms with Crippen molar-refractivity contribution in [3.05, 3.63) is 39.4 Å². The van der Waals surface area contributed by atoms with Crippen LogP contribution in [0.3, 0.4) is 0 Å². The van der Waals surface area contributed by atoms with Gasteiger partial charge >= 0.3 is 0 Å². The molecule has 15 heavy (non-hydrogen) atoms. The van der Waals surface area contributed by atoms with Gasteiger partial charge in [0.1, 0.15) is 0 Å². The molecule has 1 aromatic carbocycles. The molecule has 1 heterocycles. The Morgan fingerprint density at radius 2 is 2.07 bits per heavy atom. The molecule has 0 N–H and O–H groups in total. The number of nitro benzene ring substituents is 1. The van der Waals surface area contributed by atoms with E-state index in [1.807, 2.05) is 0 Å². The van der Waals surface area contributed by atoms with E-state index in [1.165, 1.54) is 6.07 Å². The first-order chi connectivity index (χ1) is 7.18. The minimum Gasteiger partial charge on any atom is -0.346 e. The summed E-state index contributed by atoms with van der Waals surface area (Å²) in [7, 11) is 0. The number of rotatable bonds is 2. The molecule has 0 unspecified atom stereocenters. The van der Waals surface area contributed by atoms with Gasteiger partial charge in [0.05, 0.1) is 18.1 Å². The molecule has 0 spiro atoms. The second-order valence-corrected chi connectivity index (χ2v) is 3.38. The summed E-state index contributed by atoms with van der Waals surface area (Å²) in [6, 6.07) is 4.88. The van der Waals surface area contributed by atoms with Gasteiger partial charge in [0, 0.05) is 17.2 Å². The van der Waals surface area contributed by atoms with Gasteiger partial charge in [0.25, 0.3) is 5.69 Å². The minimum atomic E-state index is -0.393. The Bertz CT molecular complexity index is 385. The summed E-state index contributed by atoms with van der Waals surface area (Å²) in [5.74, 6) is 0. The Labute approximate surface area is 86.8 Å². The lowest BCUT2D eigenvalue weighted by molar-refractivity contribution is -0.385. The lowest BCUT2D eigenvalue weighted by atomic mass is 10.1. The Balaban J connectivity index is 2.28. The number of benzene rings is 1. The molecule has 0 saturated carbocycles. The molecule has 2 rings (SSSR count). The third-order valence-electron chi connectivity index (χ3n) is 2.31. The van der Waals surface area contributed by atoms with Crippen molar-refractivity contribution >= 4 is 5.69 Å². The first kappa shape index (κ1) is 10.1. The number of ether oxygens (including phenoxy) is 2. The number of aryl methyl sites for hydroxylation is 1. The van der Waals surface area contributed by atoms with Crippen LogP contribution >= 0.6 is 0 Å². The van der Waals surface area contributed by atoms with E-state index >= 15 is 0 Å². The van der Waals surface area contributed by atoms with Gasteiger partial charge in [-0.05, 0) is 19.1 Å². The monoisotopic (exact) mass is 209 g/mol. The van der Waals surface area contributed by atoms with E-state index in [0.717, 1.165) is 5.56 Å². The van der Waals surface area contributed by atoms with E-state index in [9.17, 15) is 10.1 Å². The van der Waals surface area contributed by atoms with E-state index in [4.69, 9.17) is 9.47 Å². The van der Waals surface area contributed by atoms with Crippen molar-refractivity contribution in [3.63, 3.8) is 0 Å². The van der Waals surface area contributed by atoms with Crippen molar-refractivity contribution in [3.8, 4) is 0 Å². The Hall–Kier alpha value is -1.46. The average molecular weight is 209 g/mol. The number of nitrogens with zero attached hydrogens (tertiary/aromatic N) is 1. The minimum absolute atomic E-state index is 0.122. The largest absolute Gasteiger partial charge is 0.346 e. The molecule has 1 aliphatic rings. The Kier molecular flexibility index (Phi) is 2.66. The number of hydrogen-bond donors (Lipinski definition) is 0. The number of hydrogen-bond acceptors (Lipinski definition) is 4. The second kappa shape index (κ2) is 3.96. The van der Waals surface area contributed by atoms with Crippen molar-refractivity contribution < 1.29 is 14.4 Å². The predicted octanol–water partition coefficient (Wildman–Crippen LogP) is 1.95. The van der Waals surface area contributed by atoms with Gasteiger partial charge in [-0.25, -0.2) is 0 Å². The molecule has 0 aromatic heterocycles. The van der Waals surface area contributed by atoms with Gasteiger partial charge < -0.3 is 9.47 Å². The van der Waals surface area contributed by atoms with Crippen LogP contribution in [-0.4, -0.2) is 18.1 Å². The summed E-state index contributed by atoms with van der Waals surface area (Å²) in [6.07, 6.45) is -0.371. The highest BCUT2D eigenvalue weighted by Gasteiger charge is 2.20. The zero-order valence-electron chi connectivity index (χ0n) is 8.30. The van der Waals surface area contributed by atoms with E-state index in [-0.39, 0.29) is 12.0 Å². The van der Waals surface area contributed by atoms with E-state index in [2.05, 4.69) is 0 Å². The molecule has 1 saturated heterocycles. The van der Waals surface area contributed by atoms with E-state index in [0.29, 0.717) is 18.8 Å². The first-order valence-electron chi connectivity index (χ1n) is 4.66. The summed E-state index contributed by atoms with van der Waals surface area (Å²) >= 11 is 0. The quantitative estimate of drug-likeness (QED) is 0.551. The van der Waals surface area contributed by atoms with Crippen molar-refractivity contribution in [2.24, 2.45) is 0 Å². The average Bonchev–Trinajstić information content (AvgIpc) is 2.69. The smallest absolute Gasteiger partial charge is 0.272 e. The van der Waals surface area contributed by atoms with Gasteiger partial charge in [0.15, 0.2) is 6.29 Å². The highest BCUT2D eigenvalue weighted by molar-refractivity contribution is 5.42. The zero-order chi connectivity index (χ0) is 10.8.